The minimum atomic E-state index is 0.749. The standard InChI is InChI=1S/C15H17N3O/c1-16-14-8-4-9-15(17-14)18-10-5-11-19-13-7-3-2-6-12(13)18/h2-4,6-9H,5,10-11H2,1H3,(H,16,17). The number of nitrogens with one attached hydrogen (secondary N) is 1. The van der Waals surface area contributed by atoms with E-state index in [2.05, 4.69) is 21.3 Å². The molecule has 19 heavy (non-hydrogen) atoms. The van der Waals surface area contributed by atoms with Gasteiger partial charge in [-0.05, 0) is 30.7 Å². The number of hydrogen-bond acceptors (Lipinski definition) is 4. The molecule has 4 heteroatoms. The Morgan fingerprint density at radius 3 is 2.95 bits per heavy atom. The highest BCUT2D eigenvalue weighted by molar-refractivity contribution is 5.68. The molecule has 1 aliphatic rings. The van der Waals surface area contributed by atoms with Gasteiger partial charge in [0.25, 0.3) is 0 Å². The maximum absolute atomic E-state index is 5.77. The summed E-state index contributed by atoms with van der Waals surface area (Å²) in [4.78, 5) is 6.83. The predicted octanol–water partition coefficient (Wildman–Crippen LogP) is 3.04. The molecular formula is C15H17N3O. The van der Waals surface area contributed by atoms with Gasteiger partial charge >= 0.3 is 0 Å². The summed E-state index contributed by atoms with van der Waals surface area (Å²) in [6.07, 6.45) is 0.986. The van der Waals surface area contributed by atoms with E-state index in [9.17, 15) is 0 Å². The molecule has 2 aromatic rings. The Bertz CT molecular complexity index is 571. The summed E-state index contributed by atoms with van der Waals surface area (Å²) in [5, 5.41) is 3.08. The minimum Gasteiger partial charge on any atom is -0.491 e. The third kappa shape index (κ3) is 2.34. The van der Waals surface area contributed by atoms with E-state index in [-0.39, 0.29) is 0 Å². The lowest BCUT2D eigenvalue weighted by atomic mass is 10.2. The molecule has 2 heterocycles. The number of hydrogen-bond donors (Lipinski definition) is 1. The molecule has 1 aromatic carbocycles. The van der Waals surface area contributed by atoms with Crippen LogP contribution in [0, 0.1) is 0 Å². The maximum atomic E-state index is 5.77. The third-order valence-corrected chi connectivity index (χ3v) is 3.21. The van der Waals surface area contributed by atoms with Gasteiger partial charge in [-0.2, -0.15) is 0 Å². The second-order valence-electron chi connectivity index (χ2n) is 4.45. The van der Waals surface area contributed by atoms with Crippen molar-refractivity contribution in [3.8, 4) is 5.75 Å². The normalized spacial score (nSPS) is 14.3. The lowest BCUT2D eigenvalue weighted by Crippen LogP contribution is -2.19. The van der Waals surface area contributed by atoms with Crippen molar-refractivity contribution in [2.45, 2.75) is 6.42 Å². The lowest BCUT2D eigenvalue weighted by Gasteiger charge is -2.23. The number of nitrogens with zero attached hydrogens (tertiary/aromatic N) is 2. The average Bonchev–Trinajstić information content (AvgIpc) is 2.69. The van der Waals surface area contributed by atoms with Gasteiger partial charge < -0.3 is 15.0 Å². The zero-order valence-corrected chi connectivity index (χ0v) is 11.0. The largest absolute Gasteiger partial charge is 0.491 e. The number of anilines is 3. The molecule has 0 fully saturated rings. The fraction of sp³-hybridized carbons (Fsp3) is 0.267. The van der Waals surface area contributed by atoms with Crippen molar-refractivity contribution >= 4 is 17.3 Å². The average molecular weight is 255 g/mol. The number of fused-ring (bicyclic) bond motifs is 1. The van der Waals surface area contributed by atoms with Gasteiger partial charge in [0.2, 0.25) is 0 Å². The Hall–Kier alpha value is -2.23. The molecule has 0 bridgehead atoms. The first-order chi connectivity index (χ1) is 9.38. The van der Waals surface area contributed by atoms with Crippen LogP contribution in [-0.2, 0) is 0 Å². The van der Waals surface area contributed by atoms with Crippen LogP contribution in [-0.4, -0.2) is 25.2 Å². The maximum Gasteiger partial charge on any atom is 0.142 e. The van der Waals surface area contributed by atoms with E-state index >= 15 is 0 Å². The van der Waals surface area contributed by atoms with E-state index in [0.717, 1.165) is 42.6 Å². The van der Waals surface area contributed by atoms with E-state index in [4.69, 9.17) is 4.74 Å². The zero-order valence-electron chi connectivity index (χ0n) is 11.0. The highest BCUT2D eigenvalue weighted by Gasteiger charge is 2.18. The smallest absolute Gasteiger partial charge is 0.142 e. The highest BCUT2D eigenvalue weighted by atomic mass is 16.5. The van der Waals surface area contributed by atoms with Crippen molar-refractivity contribution in [1.82, 2.24) is 4.98 Å². The van der Waals surface area contributed by atoms with Crippen LogP contribution in [0.1, 0.15) is 6.42 Å². The van der Waals surface area contributed by atoms with Crippen LogP contribution in [0.15, 0.2) is 42.5 Å². The first-order valence-corrected chi connectivity index (χ1v) is 6.52. The van der Waals surface area contributed by atoms with Gasteiger partial charge in [-0.25, -0.2) is 4.98 Å². The molecular weight excluding hydrogens is 238 g/mol. The minimum absolute atomic E-state index is 0.749. The number of pyridine rings is 1. The van der Waals surface area contributed by atoms with E-state index in [0.29, 0.717) is 0 Å². The molecule has 1 aromatic heterocycles. The van der Waals surface area contributed by atoms with Crippen molar-refractivity contribution in [3.63, 3.8) is 0 Å². The number of para-hydroxylation sites is 2. The molecule has 0 spiro atoms. The van der Waals surface area contributed by atoms with Gasteiger partial charge in [-0.15, -0.1) is 0 Å². The Kier molecular flexibility index (Phi) is 3.23. The van der Waals surface area contributed by atoms with Gasteiger partial charge in [0.15, 0.2) is 0 Å². The summed E-state index contributed by atoms with van der Waals surface area (Å²) in [6, 6.07) is 14.1. The summed E-state index contributed by atoms with van der Waals surface area (Å²) in [7, 11) is 1.88. The van der Waals surface area contributed by atoms with Crippen molar-refractivity contribution in [2.75, 3.05) is 30.4 Å². The lowest BCUT2D eigenvalue weighted by molar-refractivity contribution is 0.322. The van der Waals surface area contributed by atoms with E-state index < -0.39 is 0 Å². The zero-order chi connectivity index (χ0) is 13.1. The molecule has 1 aliphatic heterocycles. The molecule has 0 saturated heterocycles. The van der Waals surface area contributed by atoms with E-state index in [1.54, 1.807) is 0 Å². The number of rotatable bonds is 2. The van der Waals surface area contributed by atoms with Crippen molar-refractivity contribution in [3.05, 3.63) is 42.5 Å². The van der Waals surface area contributed by atoms with Gasteiger partial charge in [-0.3, -0.25) is 0 Å². The Morgan fingerprint density at radius 2 is 2.05 bits per heavy atom. The first-order valence-electron chi connectivity index (χ1n) is 6.52. The third-order valence-electron chi connectivity index (χ3n) is 3.21. The second kappa shape index (κ2) is 5.18. The van der Waals surface area contributed by atoms with E-state index in [1.807, 2.05) is 43.4 Å². The van der Waals surface area contributed by atoms with Crippen LogP contribution in [0.4, 0.5) is 17.3 Å². The van der Waals surface area contributed by atoms with Gasteiger partial charge in [0, 0.05) is 13.6 Å². The van der Waals surface area contributed by atoms with E-state index in [1.165, 1.54) is 0 Å². The monoisotopic (exact) mass is 255 g/mol. The molecule has 0 atom stereocenters. The molecule has 1 N–H and O–H groups in total. The molecule has 98 valence electrons. The van der Waals surface area contributed by atoms with Crippen LogP contribution in [0.25, 0.3) is 0 Å². The summed E-state index contributed by atoms with van der Waals surface area (Å²) in [5.74, 6) is 2.75. The Morgan fingerprint density at radius 1 is 1.16 bits per heavy atom. The number of aromatic nitrogens is 1. The van der Waals surface area contributed by atoms with Crippen molar-refractivity contribution in [1.29, 1.82) is 0 Å². The molecule has 0 saturated carbocycles. The fourth-order valence-electron chi connectivity index (χ4n) is 2.28. The highest BCUT2D eigenvalue weighted by Crippen LogP contribution is 2.35. The van der Waals surface area contributed by atoms with Gasteiger partial charge in [0.1, 0.15) is 17.4 Å². The molecule has 3 rings (SSSR count). The molecule has 0 radical (unpaired) electrons. The van der Waals surface area contributed by atoms with Crippen LogP contribution < -0.4 is 15.0 Å². The topological polar surface area (TPSA) is 37.4 Å². The SMILES string of the molecule is CNc1cccc(N2CCCOc3ccccc32)n1. The molecule has 0 unspecified atom stereocenters. The van der Waals surface area contributed by atoms with Gasteiger partial charge in [-0.1, -0.05) is 18.2 Å². The van der Waals surface area contributed by atoms with Gasteiger partial charge in [0.05, 0.1) is 12.3 Å². The number of ether oxygens (including phenoxy) is 1. The predicted molar refractivity (Wildman–Crippen MR) is 77.3 cm³/mol. The summed E-state index contributed by atoms with van der Waals surface area (Å²) >= 11 is 0. The van der Waals surface area contributed by atoms with Crippen LogP contribution >= 0.6 is 0 Å². The summed E-state index contributed by atoms with van der Waals surface area (Å²) < 4.78 is 5.77. The Labute approximate surface area is 113 Å². The van der Waals surface area contributed by atoms with Crippen LogP contribution in [0.3, 0.4) is 0 Å². The fourth-order valence-corrected chi connectivity index (χ4v) is 2.28. The first kappa shape index (κ1) is 11.8. The van der Waals surface area contributed by atoms with Crippen molar-refractivity contribution < 1.29 is 4.74 Å². The summed E-state index contributed by atoms with van der Waals surface area (Å²) in [5.41, 5.74) is 1.08. The molecule has 0 aliphatic carbocycles. The molecule has 4 nitrogen and oxygen atoms in total. The second-order valence-corrected chi connectivity index (χ2v) is 4.45. The Balaban J connectivity index is 2.03. The van der Waals surface area contributed by atoms with Crippen molar-refractivity contribution in [2.24, 2.45) is 0 Å². The quantitative estimate of drug-likeness (QED) is 0.895. The summed E-state index contributed by atoms with van der Waals surface area (Å²) in [6.45, 7) is 1.66. The van der Waals surface area contributed by atoms with Crippen LogP contribution in [0.5, 0.6) is 5.75 Å². The molecule has 0 amide bonds. The van der Waals surface area contributed by atoms with Crippen LogP contribution in [0.2, 0.25) is 0 Å². The number of benzene rings is 1.